The van der Waals surface area contributed by atoms with Crippen LogP contribution in [0.25, 0.3) is 0 Å². The summed E-state index contributed by atoms with van der Waals surface area (Å²) in [4.78, 5) is 22.9. The molecule has 0 unspecified atom stereocenters. The maximum atomic E-state index is 13.0. The molecule has 152 valence electrons. The zero-order chi connectivity index (χ0) is 20.3. The van der Waals surface area contributed by atoms with Gasteiger partial charge < -0.3 is 15.0 Å². The average molecular weight is 426 g/mol. The maximum absolute atomic E-state index is 13.0. The van der Waals surface area contributed by atoms with Gasteiger partial charge in [-0.1, -0.05) is 0 Å². The van der Waals surface area contributed by atoms with E-state index in [1.165, 1.54) is 17.5 Å². The highest BCUT2D eigenvalue weighted by Crippen LogP contribution is 2.27. The van der Waals surface area contributed by atoms with Crippen molar-refractivity contribution in [1.29, 1.82) is 0 Å². The van der Waals surface area contributed by atoms with Crippen LogP contribution in [-0.2, 0) is 14.8 Å². The molecule has 0 radical (unpaired) electrons. The summed E-state index contributed by atoms with van der Waals surface area (Å²) in [5.41, 5.74) is 0.844. The number of aromatic nitrogens is 2. The summed E-state index contributed by atoms with van der Waals surface area (Å²) in [5.74, 6) is 0.694. The van der Waals surface area contributed by atoms with Gasteiger partial charge in [-0.2, -0.15) is 9.29 Å². The van der Waals surface area contributed by atoms with Crippen LogP contribution < -0.4 is 10.2 Å². The lowest BCUT2D eigenvalue weighted by Gasteiger charge is -2.34. The Hall–Kier alpha value is -2.24. The molecule has 0 aliphatic carbocycles. The summed E-state index contributed by atoms with van der Waals surface area (Å²) in [6, 6.07) is 3.34. The topological polar surface area (TPSA) is 105 Å². The van der Waals surface area contributed by atoms with E-state index in [0.717, 1.165) is 29.4 Å². The van der Waals surface area contributed by atoms with Crippen molar-refractivity contribution in [2.24, 2.45) is 0 Å². The zero-order valence-corrected chi connectivity index (χ0v) is 17.6. The quantitative estimate of drug-likeness (QED) is 0.696. The second-order valence-electron chi connectivity index (χ2n) is 6.22. The number of methoxy groups -OCH3 is 1. The van der Waals surface area contributed by atoms with E-state index >= 15 is 0 Å². The van der Waals surface area contributed by atoms with Crippen molar-refractivity contribution in [1.82, 2.24) is 14.3 Å². The second kappa shape index (κ2) is 8.41. The van der Waals surface area contributed by atoms with Crippen molar-refractivity contribution in [3.63, 3.8) is 0 Å². The minimum absolute atomic E-state index is 0.00473. The minimum atomic E-state index is -3.76. The van der Waals surface area contributed by atoms with E-state index < -0.39 is 16.0 Å². The van der Waals surface area contributed by atoms with E-state index in [-0.39, 0.29) is 9.77 Å². The number of rotatable bonds is 6. The van der Waals surface area contributed by atoms with E-state index in [1.54, 1.807) is 5.38 Å². The fourth-order valence-electron chi connectivity index (χ4n) is 2.99. The number of nitrogens with one attached hydrogen (secondary N) is 1. The number of sulfonamides is 1. The smallest absolute Gasteiger partial charge is 0.349 e. The molecule has 1 aliphatic rings. The molecule has 1 aliphatic heterocycles. The molecule has 9 nitrogen and oxygen atoms in total. The summed E-state index contributed by atoms with van der Waals surface area (Å²) >= 11 is 1.06. The second-order valence-corrected chi connectivity index (χ2v) is 9.04. The number of ether oxygens (including phenoxy) is 1. The summed E-state index contributed by atoms with van der Waals surface area (Å²) in [6.07, 6.45) is 0. The Bertz CT molecular complexity index is 952. The molecule has 3 heterocycles. The highest BCUT2D eigenvalue weighted by atomic mass is 32.2. The van der Waals surface area contributed by atoms with Gasteiger partial charge in [0.1, 0.15) is 15.6 Å². The molecule has 1 N–H and O–H groups in total. The number of esters is 1. The van der Waals surface area contributed by atoms with Crippen LogP contribution in [0.4, 0.5) is 11.8 Å². The first-order valence-corrected chi connectivity index (χ1v) is 11.2. The van der Waals surface area contributed by atoms with Crippen LogP contribution in [0.15, 0.2) is 22.4 Å². The van der Waals surface area contributed by atoms with Gasteiger partial charge in [-0.05, 0) is 25.3 Å². The predicted molar refractivity (Wildman–Crippen MR) is 108 cm³/mol. The third-order valence-corrected chi connectivity index (χ3v) is 7.32. The summed E-state index contributed by atoms with van der Waals surface area (Å²) in [6.45, 7) is 6.20. The van der Waals surface area contributed by atoms with E-state index in [9.17, 15) is 13.2 Å². The Labute approximate surface area is 168 Å². The molecule has 0 atom stereocenters. The van der Waals surface area contributed by atoms with Crippen LogP contribution in [0.5, 0.6) is 0 Å². The number of aryl methyl sites for hydroxylation is 1. The molecule has 1 saturated heterocycles. The molecule has 2 aromatic heterocycles. The van der Waals surface area contributed by atoms with Gasteiger partial charge in [0.05, 0.1) is 7.11 Å². The Morgan fingerprint density at radius 3 is 2.64 bits per heavy atom. The molecule has 1 fully saturated rings. The average Bonchev–Trinajstić information content (AvgIpc) is 3.18. The molecule has 0 spiro atoms. The normalized spacial score (nSPS) is 15.5. The van der Waals surface area contributed by atoms with Gasteiger partial charge in [0, 0.05) is 44.5 Å². The lowest BCUT2D eigenvalue weighted by molar-refractivity contribution is 0.0602. The molecule has 0 amide bonds. The first-order chi connectivity index (χ1) is 13.4. The number of piperazine rings is 1. The van der Waals surface area contributed by atoms with Crippen molar-refractivity contribution in [2.75, 3.05) is 50.1 Å². The van der Waals surface area contributed by atoms with E-state index in [0.29, 0.717) is 32.1 Å². The lowest BCUT2D eigenvalue weighted by Crippen LogP contribution is -2.49. The Morgan fingerprint density at radius 2 is 2.00 bits per heavy atom. The standard InChI is InChI=1S/C17H23N5O4S2/c1-4-18-17-19-12(2)11-14(20-17)21-6-8-22(9-7-21)28(24,25)13-5-10-27-15(13)16(23)26-3/h5,10-11H,4,6-9H2,1-3H3,(H,18,19,20). The number of anilines is 2. The molecule has 3 rings (SSSR count). The monoisotopic (exact) mass is 425 g/mol. The zero-order valence-electron chi connectivity index (χ0n) is 16.0. The van der Waals surface area contributed by atoms with Gasteiger partial charge in [0.15, 0.2) is 0 Å². The highest BCUT2D eigenvalue weighted by molar-refractivity contribution is 7.89. The van der Waals surface area contributed by atoms with Crippen LogP contribution in [0.2, 0.25) is 0 Å². The molecule has 0 aromatic carbocycles. The molecule has 2 aromatic rings. The number of carbonyl (C=O) groups excluding carboxylic acids is 1. The fourth-order valence-corrected chi connectivity index (χ4v) is 5.72. The number of nitrogens with zero attached hydrogens (tertiary/aromatic N) is 4. The van der Waals surface area contributed by atoms with Crippen LogP contribution >= 0.6 is 11.3 Å². The van der Waals surface area contributed by atoms with Gasteiger partial charge in [-0.25, -0.2) is 18.2 Å². The molecular formula is C17H23N5O4S2. The Morgan fingerprint density at radius 1 is 1.29 bits per heavy atom. The number of carbonyl (C=O) groups is 1. The van der Waals surface area contributed by atoms with Gasteiger partial charge in [-0.3, -0.25) is 0 Å². The first kappa shape index (κ1) is 20.5. The van der Waals surface area contributed by atoms with Crippen LogP contribution in [-0.4, -0.2) is 68.5 Å². The molecule has 0 bridgehead atoms. The Kier molecular flexibility index (Phi) is 6.16. The van der Waals surface area contributed by atoms with Gasteiger partial charge >= 0.3 is 5.97 Å². The van der Waals surface area contributed by atoms with Gasteiger partial charge in [0.25, 0.3) is 0 Å². The van der Waals surface area contributed by atoms with Gasteiger partial charge in [0.2, 0.25) is 16.0 Å². The van der Waals surface area contributed by atoms with Crippen molar-refractivity contribution in [2.45, 2.75) is 18.7 Å². The lowest BCUT2D eigenvalue weighted by atomic mass is 10.3. The van der Waals surface area contributed by atoms with E-state index in [2.05, 4.69) is 15.3 Å². The third-order valence-electron chi connectivity index (χ3n) is 4.36. The fraction of sp³-hybridized carbons (Fsp3) is 0.471. The van der Waals surface area contributed by atoms with Gasteiger partial charge in [-0.15, -0.1) is 11.3 Å². The Balaban J connectivity index is 1.75. The number of hydrogen-bond acceptors (Lipinski definition) is 9. The van der Waals surface area contributed by atoms with Crippen molar-refractivity contribution < 1.29 is 17.9 Å². The first-order valence-electron chi connectivity index (χ1n) is 8.87. The van der Waals surface area contributed by atoms with Crippen LogP contribution in [0.1, 0.15) is 22.3 Å². The number of hydrogen-bond donors (Lipinski definition) is 1. The van der Waals surface area contributed by atoms with Crippen LogP contribution in [0.3, 0.4) is 0 Å². The van der Waals surface area contributed by atoms with E-state index in [4.69, 9.17) is 4.74 Å². The van der Waals surface area contributed by atoms with Crippen molar-refractivity contribution in [3.8, 4) is 0 Å². The summed E-state index contributed by atoms with van der Waals surface area (Å²) < 4.78 is 32.1. The minimum Gasteiger partial charge on any atom is -0.465 e. The largest absolute Gasteiger partial charge is 0.465 e. The van der Waals surface area contributed by atoms with Crippen molar-refractivity contribution in [3.05, 3.63) is 28.1 Å². The molecule has 0 saturated carbocycles. The SMILES string of the molecule is CCNc1nc(C)cc(N2CCN(S(=O)(=O)c3ccsc3C(=O)OC)CC2)n1. The highest BCUT2D eigenvalue weighted by Gasteiger charge is 2.33. The summed E-state index contributed by atoms with van der Waals surface area (Å²) in [5, 5.41) is 4.69. The number of thiophene rings is 1. The van der Waals surface area contributed by atoms with E-state index in [1.807, 2.05) is 24.8 Å². The molecule has 28 heavy (non-hydrogen) atoms. The molecular weight excluding hydrogens is 402 g/mol. The maximum Gasteiger partial charge on any atom is 0.349 e. The predicted octanol–water partition coefficient (Wildman–Crippen LogP) is 1.58. The molecule has 11 heteroatoms. The van der Waals surface area contributed by atoms with Crippen LogP contribution in [0, 0.1) is 6.92 Å². The summed E-state index contributed by atoms with van der Waals surface area (Å²) in [7, 11) is -2.53. The third kappa shape index (κ3) is 4.10. The van der Waals surface area contributed by atoms with Crippen molar-refractivity contribution >= 4 is 39.1 Å².